The van der Waals surface area contributed by atoms with E-state index in [0.717, 1.165) is 5.56 Å². The van der Waals surface area contributed by atoms with Crippen LogP contribution < -0.4 is 14.2 Å². The Balaban J connectivity index is 2.07. The van der Waals surface area contributed by atoms with E-state index in [1.54, 1.807) is 26.3 Å². The van der Waals surface area contributed by atoms with Crippen LogP contribution in [0.15, 0.2) is 42.5 Å². The number of allylic oxidation sites excluding steroid dienone is 1. The summed E-state index contributed by atoms with van der Waals surface area (Å²) >= 11 is 0. The molecule has 2 aromatic carbocycles. The average Bonchev–Trinajstić information content (AvgIpc) is 2.77. The second-order valence-corrected chi connectivity index (χ2v) is 6.44. The van der Waals surface area contributed by atoms with Crippen molar-refractivity contribution in [2.24, 2.45) is 0 Å². The summed E-state index contributed by atoms with van der Waals surface area (Å²) in [6.07, 6.45) is 3.62. The minimum absolute atomic E-state index is 0.265. The molecule has 0 aliphatic rings. The van der Waals surface area contributed by atoms with Crippen LogP contribution in [0.4, 0.5) is 0 Å². The molecule has 160 valence electrons. The summed E-state index contributed by atoms with van der Waals surface area (Å²) < 4.78 is 21.2. The lowest BCUT2D eigenvalue weighted by Crippen LogP contribution is -2.31. The van der Waals surface area contributed by atoms with Gasteiger partial charge in [0.15, 0.2) is 18.1 Å². The van der Waals surface area contributed by atoms with Crippen LogP contribution in [0.2, 0.25) is 0 Å². The van der Waals surface area contributed by atoms with Gasteiger partial charge >= 0.3 is 5.97 Å². The zero-order valence-corrected chi connectivity index (χ0v) is 17.9. The number of benzene rings is 2. The van der Waals surface area contributed by atoms with E-state index in [0.29, 0.717) is 29.4 Å². The molecule has 0 radical (unpaired) electrons. The zero-order chi connectivity index (χ0) is 22.1. The van der Waals surface area contributed by atoms with Crippen molar-refractivity contribution < 1.29 is 28.5 Å². The molecule has 0 fully saturated rings. The highest BCUT2D eigenvalue weighted by Gasteiger charge is 2.18. The Morgan fingerprint density at radius 3 is 2.33 bits per heavy atom. The fourth-order valence-corrected chi connectivity index (χ4v) is 2.91. The third kappa shape index (κ3) is 5.53. The number of esters is 1. The van der Waals surface area contributed by atoms with Crippen molar-refractivity contribution in [3.63, 3.8) is 0 Å². The number of carbonyl (C=O) groups excluding carboxylic acids is 2. The van der Waals surface area contributed by atoms with E-state index in [1.165, 1.54) is 25.2 Å². The summed E-state index contributed by atoms with van der Waals surface area (Å²) in [5, 5.41) is 0. The molecule has 0 saturated carbocycles. The van der Waals surface area contributed by atoms with Crippen molar-refractivity contribution in [1.82, 2.24) is 4.90 Å². The Labute approximate surface area is 176 Å². The minimum Gasteiger partial charge on any atom is -0.496 e. The lowest BCUT2D eigenvalue weighted by atomic mass is 10.1. The lowest BCUT2D eigenvalue weighted by Gasteiger charge is -2.19. The second kappa shape index (κ2) is 10.9. The number of hydrogen-bond acceptors (Lipinski definition) is 6. The number of para-hydroxylation sites is 1. The van der Waals surface area contributed by atoms with Gasteiger partial charge in [-0.3, -0.25) is 4.79 Å². The summed E-state index contributed by atoms with van der Waals surface area (Å²) in [5.41, 5.74) is 1.80. The van der Waals surface area contributed by atoms with Gasteiger partial charge < -0.3 is 23.8 Å². The standard InChI is InChI=1S/C23H27NO6/c1-6-9-16-12-18(13-20(28-4)22(16)29-5)23(26)30-15-21(25)24(2)14-17-10-7-8-11-19(17)27-3/h6-13H,14-15H2,1-5H3/b9-6+. The average molecular weight is 413 g/mol. The Hall–Kier alpha value is -3.48. The quantitative estimate of drug-likeness (QED) is 0.585. The van der Waals surface area contributed by atoms with Crippen LogP contribution >= 0.6 is 0 Å². The summed E-state index contributed by atoms with van der Waals surface area (Å²) in [7, 11) is 6.23. The van der Waals surface area contributed by atoms with E-state index in [4.69, 9.17) is 18.9 Å². The van der Waals surface area contributed by atoms with Crippen LogP contribution in [0.1, 0.15) is 28.4 Å². The number of methoxy groups -OCH3 is 3. The third-order valence-corrected chi connectivity index (χ3v) is 4.44. The lowest BCUT2D eigenvalue weighted by molar-refractivity contribution is -0.133. The van der Waals surface area contributed by atoms with Crippen LogP contribution in [0.25, 0.3) is 6.08 Å². The van der Waals surface area contributed by atoms with E-state index >= 15 is 0 Å². The molecular weight excluding hydrogens is 386 g/mol. The van der Waals surface area contributed by atoms with Crippen LogP contribution in [0.5, 0.6) is 17.2 Å². The molecule has 1 amide bonds. The zero-order valence-electron chi connectivity index (χ0n) is 17.9. The number of nitrogens with zero attached hydrogens (tertiary/aromatic N) is 1. The van der Waals surface area contributed by atoms with Gasteiger partial charge in [0.05, 0.1) is 26.9 Å². The van der Waals surface area contributed by atoms with Gasteiger partial charge in [-0.05, 0) is 25.1 Å². The monoisotopic (exact) mass is 413 g/mol. The van der Waals surface area contributed by atoms with E-state index in [9.17, 15) is 9.59 Å². The number of ether oxygens (including phenoxy) is 4. The Morgan fingerprint density at radius 2 is 1.70 bits per heavy atom. The Kier molecular flexibility index (Phi) is 8.29. The largest absolute Gasteiger partial charge is 0.496 e. The highest BCUT2D eigenvalue weighted by molar-refractivity contribution is 5.93. The SMILES string of the molecule is C/C=C/c1cc(C(=O)OCC(=O)N(C)Cc2ccccc2OC)cc(OC)c1OC. The van der Waals surface area contributed by atoms with Crippen LogP contribution in [-0.4, -0.2) is 51.8 Å². The molecule has 7 nitrogen and oxygen atoms in total. The van der Waals surface area contributed by atoms with Gasteiger partial charge in [-0.15, -0.1) is 0 Å². The molecule has 0 unspecified atom stereocenters. The number of carbonyl (C=O) groups is 2. The van der Waals surface area contributed by atoms with Crippen molar-refractivity contribution in [3.8, 4) is 17.2 Å². The summed E-state index contributed by atoms with van der Waals surface area (Å²) in [6.45, 7) is 1.81. The maximum Gasteiger partial charge on any atom is 0.338 e. The minimum atomic E-state index is -0.624. The normalized spacial score (nSPS) is 10.6. The molecule has 0 atom stereocenters. The first kappa shape index (κ1) is 22.8. The first-order valence-corrected chi connectivity index (χ1v) is 9.36. The van der Waals surface area contributed by atoms with Crippen molar-refractivity contribution >= 4 is 18.0 Å². The molecule has 30 heavy (non-hydrogen) atoms. The molecule has 7 heteroatoms. The molecule has 2 rings (SSSR count). The van der Waals surface area contributed by atoms with Crippen LogP contribution in [0, 0.1) is 0 Å². The van der Waals surface area contributed by atoms with Crippen molar-refractivity contribution in [1.29, 1.82) is 0 Å². The predicted octanol–water partition coefficient (Wildman–Crippen LogP) is 3.56. The molecular formula is C23H27NO6. The third-order valence-electron chi connectivity index (χ3n) is 4.44. The summed E-state index contributed by atoms with van der Waals surface area (Å²) in [6, 6.07) is 10.6. The fourth-order valence-electron chi connectivity index (χ4n) is 2.91. The van der Waals surface area contributed by atoms with E-state index < -0.39 is 5.97 Å². The number of amides is 1. The van der Waals surface area contributed by atoms with Gasteiger partial charge in [-0.1, -0.05) is 30.4 Å². The van der Waals surface area contributed by atoms with Gasteiger partial charge in [0.2, 0.25) is 0 Å². The molecule has 0 aliphatic carbocycles. The molecule has 2 aromatic rings. The maximum atomic E-state index is 12.5. The van der Waals surface area contributed by atoms with Crippen LogP contribution in [0.3, 0.4) is 0 Å². The predicted molar refractivity (Wildman–Crippen MR) is 114 cm³/mol. The topological polar surface area (TPSA) is 74.3 Å². The van der Waals surface area contributed by atoms with Gasteiger partial charge in [-0.25, -0.2) is 4.79 Å². The highest BCUT2D eigenvalue weighted by atomic mass is 16.5. The molecule has 0 spiro atoms. The summed E-state index contributed by atoms with van der Waals surface area (Å²) in [4.78, 5) is 26.4. The van der Waals surface area contributed by atoms with Gasteiger partial charge in [0.25, 0.3) is 5.91 Å². The highest BCUT2D eigenvalue weighted by Crippen LogP contribution is 2.33. The van der Waals surface area contributed by atoms with Crippen molar-refractivity contribution in [3.05, 3.63) is 59.2 Å². The second-order valence-electron chi connectivity index (χ2n) is 6.44. The molecule has 0 heterocycles. The molecule has 0 N–H and O–H groups in total. The molecule has 0 aliphatic heterocycles. The van der Waals surface area contributed by atoms with E-state index in [1.807, 2.05) is 37.3 Å². The Bertz CT molecular complexity index is 922. The Morgan fingerprint density at radius 1 is 1.00 bits per heavy atom. The van der Waals surface area contributed by atoms with Crippen LogP contribution in [-0.2, 0) is 16.1 Å². The molecule has 0 saturated heterocycles. The number of rotatable bonds is 9. The first-order chi connectivity index (χ1) is 14.4. The van der Waals surface area contributed by atoms with E-state index in [2.05, 4.69) is 0 Å². The number of hydrogen-bond donors (Lipinski definition) is 0. The van der Waals surface area contributed by atoms with Gasteiger partial charge in [-0.2, -0.15) is 0 Å². The van der Waals surface area contributed by atoms with E-state index in [-0.39, 0.29) is 18.1 Å². The maximum absolute atomic E-state index is 12.5. The summed E-state index contributed by atoms with van der Waals surface area (Å²) in [5.74, 6) is 0.652. The molecule has 0 bridgehead atoms. The first-order valence-electron chi connectivity index (χ1n) is 9.36. The van der Waals surface area contributed by atoms with Gasteiger partial charge in [0.1, 0.15) is 5.75 Å². The van der Waals surface area contributed by atoms with Crippen molar-refractivity contribution in [2.45, 2.75) is 13.5 Å². The van der Waals surface area contributed by atoms with Crippen molar-refractivity contribution in [2.75, 3.05) is 35.0 Å². The smallest absolute Gasteiger partial charge is 0.338 e. The number of likely N-dealkylation sites (N-methyl/N-ethyl adjacent to an activating group) is 1. The fraction of sp³-hybridized carbons (Fsp3) is 0.304. The molecule has 0 aromatic heterocycles. The van der Waals surface area contributed by atoms with Gasteiger partial charge in [0, 0.05) is 24.7 Å².